The van der Waals surface area contributed by atoms with Gasteiger partial charge in [-0.3, -0.25) is 10.1 Å². The minimum absolute atomic E-state index is 0.138. The molecule has 0 fully saturated rings. The molecule has 1 N–H and O–H groups in total. The summed E-state index contributed by atoms with van der Waals surface area (Å²) in [6.07, 6.45) is 1.09. The van der Waals surface area contributed by atoms with Crippen LogP contribution in [0.25, 0.3) is 0 Å². The molecule has 0 aliphatic heterocycles. The van der Waals surface area contributed by atoms with E-state index in [9.17, 15) is 13.2 Å². The van der Waals surface area contributed by atoms with E-state index in [1.54, 1.807) is 11.8 Å². The lowest BCUT2D eigenvalue weighted by Gasteiger charge is -2.19. The van der Waals surface area contributed by atoms with Crippen molar-refractivity contribution >= 4 is 44.2 Å². The van der Waals surface area contributed by atoms with E-state index in [-0.39, 0.29) is 13.1 Å². The first-order valence-corrected chi connectivity index (χ1v) is 11.6. The fraction of sp³-hybridized carbons (Fsp3) is 0.438. The van der Waals surface area contributed by atoms with E-state index in [0.29, 0.717) is 11.0 Å². The predicted octanol–water partition coefficient (Wildman–Crippen LogP) is 2.69. The van der Waals surface area contributed by atoms with Gasteiger partial charge in [0, 0.05) is 12.3 Å². The van der Waals surface area contributed by atoms with Crippen molar-refractivity contribution in [3.05, 3.63) is 35.9 Å². The van der Waals surface area contributed by atoms with Crippen LogP contribution in [-0.4, -0.2) is 47.4 Å². The maximum atomic E-state index is 12.2. The first-order valence-electron chi connectivity index (χ1n) is 7.99. The average Bonchev–Trinajstić information content (AvgIpc) is 3.00. The van der Waals surface area contributed by atoms with Crippen molar-refractivity contribution < 1.29 is 13.2 Å². The molecular weight excluding hydrogens is 392 g/mol. The topological polar surface area (TPSA) is 92.3 Å². The number of sulfonamides is 1. The summed E-state index contributed by atoms with van der Waals surface area (Å²) >= 11 is 2.87. The number of hydrogen-bond acceptors (Lipinski definition) is 7. The normalized spacial score (nSPS) is 11.9. The van der Waals surface area contributed by atoms with Gasteiger partial charge < -0.3 is 0 Å². The van der Waals surface area contributed by atoms with Crippen molar-refractivity contribution in [3.8, 4) is 0 Å². The molecule has 0 saturated heterocycles. The number of amides is 1. The summed E-state index contributed by atoms with van der Waals surface area (Å²) in [6.45, 7) is 4.09. The van der Waals surface area contributed by atoms with Crippen LogP contribution < -0.4 is 5.32 Å². The van der Waals surface area contributed by atoms with Crippen LogP contribution >= 0.6 is 23.1 Å². The number of hydrogen-bond donors (Lipinski definition) is 1. The van der Waals surface area contributed by atoms with E-state index in [0.717, 1.165) is 26.2 Å². The lowest BCUT2D eigenvalue weighted by Crippen LogP contribution is -2.36. The van der Waals surface area contributed by atoms with Gasteiger partial charge in [-0.05, 0) is 11.5 Å². The van der Waals surface area contributed by atoms with Gasteiger partial charge >= 0.3 is 0 Å². The van der Waals surface area contributed by atoms with E-state index in [1.807, 2.05) is 30.3 Å². The summed E-state index contributed by atoms with van der Waals surface area (Å²) in [5, 5.41) is 11.0. The van der Waals surface area contributed by atoms with Crippen LogP contribution in [0.3, 0.4) is 0 Å². The van der Waals surface area contributed by atoms with E-state index in [4.69, 9.17) is 0 Å². The summed E-state index contributed by atoms with van der Waals surface area (Å²) in [4.78, 5) is 12.2. The Balaban J connectivity index is 1.97. The van der Waals surface area contributed by atoms with Crippen molar-refractivity contribution in [3.63, 3.8) is 0 Å². The van der Waals surface area contributed by atoms with Crippen LogP contribution in [-0.2, 0) is 21.4 Å². The summed E-state index contributed by atoms with van der Waals surface area (Å²) in [5.74, 6) is 1.01. The Hall–Kier alpha value is -1.49. The fourth-order valence-electron chi connectivity index (χ4n) is 1.95. The molecule has 142 valence electrons. The minimum atomic E-state index is -3.53. The summed E-state index contributed by atoms with van der Waals surface area (Å²) < 4.78 is 25.9. The monoisotopic (exact) mass is 414 g/mol. The molecule has 0 spiro atoms. The van der Waals surface area contributed by atoms with E-state index in [2.05, 4.69) is 29.4 Å². The van der Waals surface area contributed by atoms with Crippen LogP contribution in [0.1, 0.15) is 19.4 Å². The van der Waals surface area contributed by atoms with Crippen LogP contribution in [0, 0.1) is 5.92 Å². The van der Waals surface area contributed by atoms with Crippen molar-refractivity contribution in [2.75, 3.05) is 23.9 Å². The van der Waals surface area contributed by atoms with Gasteiger partial charge in [0.15, 0.2) is 4.34 Å². The van der Waals surface area contributed by atoms with Crippen LogP contribution in [0.2, 0.25) is 0 Å². The van der Waals surface area contributed by atoms with Crippen molar-refractivity contribution in [1.82, 2.24) is 14.5 Å². The van der Waals surface area contributed by atoms with Crippen LogP contribution in [0.5, 0.6) is 0 Å². The molecule has 1 amide bonds. The number of aromatic nitrogens is 2. The second-order valence-corrected chi connectivity index (χ2v) is 10.4. The van der Waals surface area contributed by atoms with E-state index >= 15 is 0 Å². The smallest absolute Gasteiger partial charge is 0.241 e. The molecule has 2 rings (SSSR count). The molecule has 1 aromatic carbocycles. The summed E-state index contributed by atoms with van der Waals surface area (Å²) in [6, 6.07) is 9.14. The highest BCUT2D eigenvalue weighted by Gasteiger charge is 2.21. The lowest BCUT2D eigenvalue weighted by molar-refractivity contribution is -0.116. The van der Waals surface area contributed by atoms with Gasteiger partial charge in [-0.15, -0.1) is 10.2 Å². The highest BCUT2D eigenvalue weighted by Crippen LogP contribution is 2.26. The zero-order valence-electron chi connectivity index (χ0n) is 14.9. The molecular formula is C16H22N4O3S3. The maximum absolute atomic E-state index is 12.2. The summed E-state index contributed by atoms with van der Waals surface area (Å²) in [7, 11) is -3.53. The maximum Gasteiger partial charge on any atom is 0.241 e. The number of thioether (sulfide) groups is 1. The molecule has 2 aromatic rings. The van der Waals surface area contributed by atoms with Gasteiger partial charge in [0.1, 0.15) is 0 Å². The third-order valence-corrected chi connectivity index (χ3v) is 6.78. The predicted molar refractivity (Wildman–Crippen MR) is 106 cm³/mol. The molecule has 26 heavy (non-hydrogen) atoms. The van der Waals surface area contributed by atoms with Gasteiger partial charge in [-0.2, -0.15) is 4.31 Å². The Morgan fingerprint density at radius 1 is 1.27 bits per heavy atom. The Morgan fingerprint density at radius 3 is 2.58 bits per heavy atom. The molecule has 0 aliphatic rings. The second-order valence-electron chi connectivity index (χ2n) is 6.14. The molecule has 1 aromatic heterocycles. The first-order chi connectivity index (χ1) is 12.2. The van der Waals surface area contributed by atoms with Crippen molar-refractivity contribution in [1.29, 1.82) is 0 Å². The molecule has 7 nitrogen and oxygen atoms in total. The molecule has 0 aliphatic carbocycles. The first kappa shape index (κ1) is 20.8. The van der Waals surface area contributed by atoms with Gasteiger partial charge in [0.05, 0.1) is 12.8 Å². The number of nitrogens with zero attached hydrogens (tertiary/aromatic N) is 3. The number of nitrogens with one attached hydrogen (secondary N) is 1. The number of anilines is 1. The highest BCUT2D eigenvalue weighted by molar-refractivity contribution is 8.01. The van der Waals surface area contributed by atoms with Gasteiger partial charge in [-0.25, -0.2) is 8.42 Å². The zero-order valence-corrected chi connectivity index (χ0v) is 17.3. The van der Waals surface area contributed by atoms with Gasteiger partial charge in [-0.1, -0.05) is 67.3 Å². The van der Waals surface area contributed by atoms with Gasteiger partial charge in [0.2, 0.25) is 21.1 Å². The Labute approximate surface area is 162 Å². The Kier molecular flexibility index (Phi) is 7.56. The molecule has 0 saturated carbocycles. The number of rotatable bonds is 9. The lowest BCUT2D eigenvalue weighted by atomic mass is 10.2. The van der Waals surface area contributed by atoms with Crippen LogP contribution in [0.15, 0.2) is 34.7 Å². The molecule has 0 radical (unpaired) electrons. The standard InChI is InChI=1S/C16H22N4O3S3/c1-12(2)11-24-16-19-18-15(25-16)17-14(21)10-20(26(3,22)23)9-13-7-5-4-6-8-13/h4-8,12H,9-11H2,1-3H3,(H,17,18,21). The quantitative estimate of drug-likeness (QED) is 0.501. The van der Waals surface area contributed by atoms with Crippen LogP contribution in [0.4, 0.5) is 5.13 Å². The summed E-state index contributed by atoms with van der Waals surface area (Å²) in [5.41, 5.74) is 0.814. The largest absolute Gasteiger partial charge is 0.299 e. The molecule has 0 atom stereocenters. The average molecular weight is 415 g/mol. The molecule has 0 unspecified atom stereocenters. The third-order valence-electron chi connectivity index (χ3n) is 3.18. The fourth-order valence-corrected chi connectivity index (χ4v) is 4.43. The molecule has 0 bridgehead atoms. The van der Waals surface area contributed by atoms with Crippen molar-refractivity contribution in [2.24, 2.45) is 5.92 Å². The number of carbonyl (C=O) groups excluding carboxylic acids is 1. The third kappa shape index (κ3) is 7.02. The Morgan fingerprint density at radius 2 is 1.96 bits per heavy atom. The number of carbonyl (C=O) groups is 1. The SMILES string of the molecule is CC(C)CSc1nnc(NC(=O)CN(Cc2ccccc2)S(C)(=O)=O)s1. The molecule has 10 heteroatoms. The van der Waals surface area contributed by atoms with Crippen molar-refractivity contribution in [2.45, 2.75) is 24.7 Å². The Bertz CT molecular complexity index is 822. The second kappa shape index (κ2) is 9.45. The minimum Gasteiger partial charge on any atom is -0.299 e. The van der Waals surface area contributed by atoms with E-state index in [1.165, 1.54) is 11.3 Å². The zero-order chi connectivity index (χ0) is 19.2. The van der Waals surface area contributed by atoms with Gasteiger partial charge in [0.25, 0.3) is 0 Å². The van der Waals surface area contributed by atoms with E-state index < -0.39 is 15.9 Å². The highest BCUT2D eigenvalue weighted by atomic mass is 32.2. The molecule has 1 heterocycles. The number of benzene rings is 1.